The van der Waals surface area contributed by atoms with E-state index >= 15 is 0 Å². The highest BCUT2D eigenvalue weighted by Crippen LogP contribution is 2.29. The highest BCUT2D eigenvalue weighted by atomic mass is 32.2. The molecule has 0 spiro atoms. The van der Waals surface area contributed by atoms with Gasteiger partial charge in [0.15, 0.2) is 5.82 Å². The van der Waals surface area contributed by atoms with Gasteiger partial charge >= 0.3 is 0 Å². The van der Waals surface area contributed by atoms with Crippen molar-refractivity contribution >= 4 is 11.8 Å². The number of thioether (sulfide) groups is 1. The highest BCUT2D eigenvalue weighted by molar-refractivity contribution is 7.98. The van der Waals surface area contributed by atoms with Crippen LogP contribution in [-0.4, -0.2) is 26.0 Å². The van der Waals surface area contributed by atoms with Gasteiger partial charge in [-0.15, -0.1) is 16.9 Å². The Labute approximate surface area is 124 Å². The molecule has 0 saturated carbocycles. The standard InChI is InChI=1S/C14H10FN4OS/c1-21-11-3-2-6-16-14(11)19-10(7-13(20)18-19)9-4-5-12(15)17-8-9/h2-8H,1H3. The maximum absolute atomic E-state index is 12.9. The molecule has 0 N–H and O–H groups in total. The van der Waals surface area contributed by atoms with Crippen molar-refractivity contribution in [2.75, 3.05) is 6.26 Å². The highest BCUT2D eigenvalue weighted by Gasteiger charge is 2.16. The minimum Gasteiger partial charge on any atom is -0.266 e. The molecule has 0 fully saturated rings. The first-order valence-corrected chi connectivity index (χ1v) is 7.30. The van der Waals surface area contributed by atoms with Crippen LogP contribution in [0.3, 0.4) is 0 Å². The molecule has 3 aromatic heterocycles. The van der Waals surface area contributed by atoms with E-state index in [2.05, 4.69) is 15.1 Å². The van der Waals surface area contributed by atoms with Crippen molar-refractivity contribution in [3.8, 4) is 23.0 Å². The van der Waals surface area contributed by atoms with Crippen LogP contribution < -0.4 is 0 Å². The van der Waals surface area contributed by atoms with Gasteiger partial charge in [-0.2, -0.15) is 4.39 Å². The van der Waals surface area contributed by atoms with Crippen LogP contribution in [-0.2, 0) is 5.11 Å². The van der Waals surface area contributed by atoms with E-state index in [1.165, 1.54) is 34.8 Å². The number of rotatable bonds is 3. The Hall–Kier alpha value is -2.41. The SMILES string of the molecule is CSc1cccnc1-n1nc([O])cc1-c1ccc(F)nc1. The lowest BCUT2D eigenvalue weighted by molar-refractivity contribution is 0.334. The number of hydrogen-bond donors (Lipinski definition) is 0. The second kappa shape index (κ2) is 5.53. The van der Waals surface area contributed by atoms with Gasteiger partial charge in [0, 0.05) is 24.0 Å². The van der Waals surface area contributed by atoms with Crippen molar-refractivity contribution in [1.29, 1.82) is 0 Å². The minimum absolute atomic E-state index is 0.382. The molecule has 0 bridgehead atoms. The predicted molar refractivity (Wildman–Crippen MR) is 76.5 cm³/mol. The van der Waals surface area contributed by atoms with Crippen LogP contribution in [0.25, 0.3) is 17.1 Å². The van der Waals surface area contributed by atoms with Crippen molar-refractivity contribution in [1.82, 2.24) is 19.7 Å². The van der Waals surface area contributed by atoms with E-state index in [9.17, 15) is 9.50 Å². The van der Waals surface area contributed by atoms with Gasteiger partial charge < -0.3 is 0 Å². The van der Waals surface area contributed by atoms with E-state index in [0.29, 0.717) is 17.1 Å². The van der Waals surface area contributed by atoms with E-state index < -0.39 is 5.95 Å². The van der Waals surface area contributed by atoms with Crippen LogP contribution in [0.5, 0.6) is 5.88 Å². The quantitative estimate of drug-likeness (QED) is 0.550. The van der Waals surface area contributed by atoms with Crippen molar-refractivity contribution in [3.05, 3.63) is 48.7 Å². The maximum Gasteiger partial charge on any atom is 0.289 e. The zero-order chi connectivity index (χ0) is 14.8. The minimum atomic E-state index is -0.574. The van der Waals surface area contributed by atoms with E-state index in [1.54, 1.807) is 12.3 Å². The molecule has 0 atom stereocenters. The fraction of sp³-hybridized carbons (Fsp3) is 0.0714. The molecule has 1 radical (unpaired) electrons. The molecule has 0 aliphatic heterocycles. The van der Waals surface area contributed by atoms with Gasteiger partial charge in [-0.25, -0.2) is 14.6 Å². The van der Waals surface area contributed by atoms with Gasteiger partial charge in [-0.05, 0) is 30.5 Å². The summed E-state index contributed by atoms with van der Waals surface area (Å²) in [4.78, 5) is 8.78. The van der Waals surface area contributed by atoms with Crippen molar-refractivity contribution in [2.24, 2.45) is 0 Å². The summed E-state index contributed by atoms with van der Waals surface area (Å²) in [5, 5.41) is 15.6. The largest absolute Gasteiger partial charge is 0.289 e. The zero-order valence-corrected chi connectivity index (χ0v) is 11.8. The Morgan fingerprint density at radius 1 is 1.24 bits per heavy atom. The monoisotopic (exact) mass is 301 g/mol. The molecule has 5 nitrogen and oxygen atoms in total. The molecule has 0 aromatic carbocycles. The third-order valence-corrected chi connectivity index (χ3v) is 3.64. The molecule has 105 valence electrons. The van der Waals surface area contributed by atoms with Gasteiger partial charge in [0.25, 0.3) is 5.88 Å². The second-order valence-electron chi connectivity index (χ2n) is 4.18. The lowest BCUT2D eigenvalue weighted by atomic mass is 10.2. The molecule has 3 heterocycles. The Kier molecular flexibility index (Phi) is 3.57. The van der Waals surface area contributed by atoms with Crippen molar-refractivity contribution in [2.45, 2.75) is 4.90 Å². The third-order valence-electron chi connectivity index (χ3n) is 2.88. The summed E-state index contributed by atoms with van der Waals surface area (Å²) in [5.41, 5.74) is 1.13. The number of hydrogen-bond acceptors (Lipinski definition) is 4. The van der Waals surface area contributed by atoms with Crippen LogP contribution in [0.2, 0.25) is 0 Å². The Balaban J connectivity index is 2.18. The summed E-state index contributed by atoms with van der Waals surface area (Å²) in [7, 11) is 0. The number of halogens is 1. The predicted octanol–water partition coefficient (Wildman–Crippen LogP) is 3.33. The molecule has 0 aliphatic rings. The van der Waals surface area contributed by atoms with Crippen LogP contribution in [0.15, 0.2) is 47.6 Å². The van der Waals surface area contributed by atoms with Gasteiger partial charge in [0.1, 0.15) is 0 Å². The van der Waals surface area contributed by atoms with Gasteiger partial charge in [0.05, 0.1) is 10.6 Å². The number of nitrogens with zero attached hydrogens (tertiary/aromatic N) is 4. The lowest BCUT2D eigenvalue weighted by Gasteiger charge is -2.09. The van der Waals surface area contributed by atoms with E-state index in [1.807, 2.05) is 18.4 Å². The number of pyridine rings is 2. The summed E-state index contributed by atoms with van der Waals surface area (Å²) >= 11 is 1.50. The van der Waals surface area contributed by atoms with E-state index in [4.69, 9.17) is 0 Å². The normalized spacial score (nSPS) is 10.8. The third kappa shape index (κ3) is 2.59. The molecule has 3 aromatic rings. The number of aromatic nitrogens is 4. The summed E-state index contributed by atoms with van der Waals surface area (Å²) in [6.07, 6.45) is 4.92. The lowest BCUT2D eigenvalue weighted by Crippen LogP contribution is -2.03. The van der Waals surface area contributed by atoms with Gasteiger partial charge in [-0.3, -0.25) is 5.11 Å². The van der Waals surface area contributed by atoms with Gasteiger partial charge in [-0.1, -0.05) is 0 Å². The smallest absolute Gasteiger partial charge is 0.266 e. The average Bonchev–Trinajstić information content (AvgIpc) is 2.89. The summed E-state index contributed by atoms with van der Waals surface area (Å²) in [6, 6.07) is 7.89. The molecule has 0 amide bonds. The van der Waals surface area contributed by atoms with Crippen molar-refractivity contribution in [3.63, 3.8) is 0 Å². The zero-order valence-electron chi connectivity index (χ0n) is 11.0. The first-order chi connectivity index (χ1) is 10.2. The summed E-state index contributed by atoms with van der Waals surface area (Å²) < 4.78 is 14.4. The fourth-order valence-electron chi connectivity index (χ4n) is 1.95. The Morgan fingerprint density at radius 2 is 2.10 bits per heavy atom. The molecule has 0 unspecified atom stereocenters. The second-order valence-corrected chi connectivity index (χ2v) is 5.03. The van der Waals surface area contributed by atoms with Crippen molar-refractivity contribution < 1.29 is 9.50 Å². The first kappa shape index (κ1) is 13.6. The van der Waals surface area contributed by atoms with Gasteiger partial charge in [0.2, 0.25) is 5.95 Å². The summed E-state index contributed by atoms with van der Waals surface area (Å²) in [5.74, 6) is -0.395. The fourth-order valence-corrected chi connectivity index (χ4v) is 2.49. The molecule has 21 heavy (non-hydrogen) atoms. The molecule has 0 saturated heterocycles. The molecule has 0 aliphatic carbocycles. The van der Waals surface area contributed by atoms with E-state index in [0.717, 1.165) is 4.90 Å². The summed E-state index contributed by atoms with van der Waals surface area (Å²) in [6.45, 7) is 0. The van der Waals surface area contributed by atoms with Crippen LogP contribution in [0.4, 0.5) is 4.39 Å². The molecule has 7 heteroatoms. The van der Waals surface area contributed by atoms with Crippen LogP contribution >= 0.6 is 11.8 Å². The molecule has 3 rings (SSSR count). The Bertz CT molecular complexity index is 773. The maximum atomic E-state index is 12.9. The molecular formula is C14H10FN4OS. The average molecular weight is 301 g/mol. The first-order valence-electron chi connectivity index (χ1n) is 6.07. The van der Waals surface area contributed by atoms with Crippen LogP contribution in [0.1, 0.15) is 0 Å². The van der Waals surface area contributed by atoms with E-state index in [-0.39, 0.29) is 5.88 Å². The Morgan fingerprint density at radius 3 is 2.81 bits per heavy atom. The van der Waals surface area contributed by atoms with Crippen LogP contribution in [0, 0.1) is 5.95 Å². The molecular weight excluding hydrogens is 291 g/mol. The topological polar surface area (TPSA) is 63.5 Å².